The van der Waals surface area contributed by atoms with Gasteiger partial charge in [0.1, 0.15) is 6.26 Å². The standard InChI is InChI=1S/C15H12ClN3OS/c16-11-3-1-2-10(6-11)15-19-13(8-20-15)9-21-14-5-4-12(17)7-18-14/h1-8H,9,17H2. The molecule has 0 radical (unpaired) electrons. The van der Waals surface area contributed by atoms with Crippen molar-refractivity contribution >= 4 is 29.1 Å². The van der Waals surface area contributed by atoms with Crippen molar-refractivity contribution in [1.29, 1.82) is 0 Å². The van der Waals surface area contributed by atoms with E-state index in [9.17, 15) is 0 Å². The summed E-state index contributed by atoms with van der Waals surface area (Å²) in [6.07, 6.45) is 3.29. The van der Waals surface area contributed by atoms with Gasteiger partial charge < -0.3 is 10.2 Å². The lowest BCUT2D eigenvalue weighted by molar-refractivity contribution is 0.573. The van der Waals surface area contributed by atoms with Crippen LogP contribution in [0.3, 0.4) is 0 Å². The maximum absolute atomic E-state index is 5.96. The van der Waals surface area contributed by atoms with Crippen LogP contribution < -0.4 is 5.73 Å². The molecule has 3 rings (SSSR count). The molecule has 3 aromatic rings. The third-order valence-electron chi connectivity index (χ3n) is 2.75. The molecule has 1 aromatic carbocycles. The minimum atomic E-state index is 0.568. The van der Waals surface area contributed by atoms with Crippen LogP contribution in [0.15, 0.2) is 58.3 Å². The summed E-state index contributed by atoms with van der Waals surface area (Å²) >= 11 is 7.54. The van der Waals surface area contributed by atoms with Gasteiger partial charge in [0, 0.05) is 16.3 Å². The maximum atomic E-state index is 5.96. The van der Waals surface area contributed by atoms with Gasteiger partial charge in [-0.1, -0.05) is 29.4 Å². The molecule has 4 nitrogen and oxygen atoms in total. The van der Waals surface area contributed by atoms with Gasteiger partial charge in [0.2, 0.25) is 5.89 Å². The van der Waals surface area contributed by atoms with Gasteiger partial charge in [0.05, 0.1) is 22.6 Å². The first-order valence-electron chi connectivity index (χ1n) is 6.25. The zero-order chi connectivity index (χ0) is 14.7. The normalized spacial score (nSPS) is 10.7. The van der Waals surface area contributed by atoms with Gasteiger partial charge in [0.15, 0.2) is 0 Å². The highest BCUT2D eigenvalue weighted by molar-refractivity contribution is 7.98. The Bertz CT molecular complexity index is 743. The monoisotopic (exact) mass is 317 g/mol. The quantitative estimate of drug-likeness (QED) is 0.728. The van der Waals surface area contributed by atoms with Gasteiger partial charge in [0.25, 0.3) is 0 Å². The molecule has 6 heteroatoms. The summed E-state index contributed by atoms with van der Waals surface area (Å²) in [5.41, 5.74) is 7.98. The molecule has 0 unspecified atom stereocenters. The molecule has 0 saturated carbocycles. The molecular formula is C15H12ClN3OS. The average molecular weight is 318 g/mol. The number of oxazole rings is 1. The van der Waals surface area contributed by atoms with Crippen LogP contribution in [0.5, 0.6) is 0 Å². The number of hydrogen-bond donors (Lipinski definition) is 1. The lowest BCUT2D eigenvalue weighted by Gasteiger charge is -1.98. The number of nitrogen functional groups attached to an aromatic ring is 1. The molecule has 0 bridgehead atoms. The Labute approximate surface area is 131 Å². The van der Waals surface area contributed by atoms with Crippen molar-refractivity contribution in [2.45, 2.75) is 10.8 Å². The highest BCUT2D eigenvalue weighted by Crippen LogP contribution is 2.25. The molecule has 0 fully saturated rings. The fraction of sp³-hybridized carbons (Fsp3) is 0.0667. The summed E-state index contributed by atoms with van der Waals surface area (Å²) in [5, 5.41) is 1.56. The zero-order valence-corrected chi connectivity index (χ0v) is 12.6. The Morgan fingerprint density at radius 1 is 1.24 bits per heavy atom. The minimum absolute atomic E-state index is 0.568. The molecule has 106 valence electrons. The van der Waals surface area contributed by atoms with E-state index in [1.807, 2.05) is 36.4 Å². The average Bonchev–Trinajstić information content (AvgIpc) is 2.96. The Hall–Kier alpha value is -1.98. The van der Waals surface area contributed by atoms with Crippen molar-refractivity contribution in [3.8, 4) is 11.5 Å². The third kappa shape index (κ3) is 3.56. The van der Waals surface area contributed by atoms with Crippen LogP contribution in [0.1, 0.15) is 5.69 Å². The van der Waals surface area contributed by atoms with Crippen LogP contribution in [-0.4, -0.2) is 9.97 Å². The van der Waals surface area contributed by atoms with E-state index >= 15 is 0 Å². The number of rotatable bonds is 4. The van der Waals surface area contributed by atoms with Gasteiger partial charge in [-0.25, -0.2) is 9.97 Å². The number of pyridine rings is 1. The van der Waals surface area contributed by atoms with Crippen LogP contribution in [0.4, 0.5) is 5.69 Å². The summed E-state index contributed by atoms with van der Waals surface area (Å²) in [5.74, 6) is 1.25. The lowest BCUT2D eigenvalue weighted by atomic mass is 10.2. The van der Waals surface area contributed by atoms with Crippen LogP contribution in [0, 0.1) is 0 Å². The molecule has 0 aliphatic rings. The largest absolute Gasteiger partial charge is 0.444 e. The highest BCUT2D eigenvalue weighted by atomic mass is 35.5. The van der Waals surface area contributed by atoms with Crippen molar-refractivity contribution in [1.82, 2.24) is 9.97 Å². The molecule has 0 aliphatic carbocycles. The number of nitrogens with zero attached hydrogens (tertiary/aromatic N) is 2. The van der Waals surface area contributed by atoms with E-state index in [1.54, 1.807) is 24.2 Å². The molecule has 21 heavy (non-hydrogen) atoms. The van der Waals surface area contributed by atoms with Gasteiger partial charge in [-0.15, -0.1) is 0 Å². The van der Waals surface area contributed by atoms with Crippen LogP contribution in [0.25, 0.3) is 11.5 Å². The summed E-state index contributed by atoms with van der Waals surface area (Å²) in [6, 6.07) is 11.1. The fourth-order valence-electron chi connectivity index (χ4n) is 1.75. The Morgan fingerprint density at radius 3 is 2.90 bits per heavy atom. The molecule has 0 amide bonds. The van der Waals surface area contributed by atoms with Gasteiger partial charge in [-0.2, -0.15) is 0 Å². The summed E-state index contributed by atoms with van der Waals surface area (Å²) in [6.45, 7) is 0. The smallest absolute Gasteiger partial charge is 0.226 e. The molecular weight excluding hydrogens is 306 g/mol. The second-order valence-electron chi connectivity index (χ2n) is 4.37. The van der Waals surface area contributed by atoms with Crippen molar-refractivity contribution in [3.63, 3.8) is 0 Å². The van der Waals surface area contributed by atoms with E-state index < -0.39 is 0 Å². The SMILES string of the molecule is Nc1ccc(SCc2coc(-c3cccc(Cl)c3)n2)nc1. The number of anilines is 1. The van der Waals surface area contributed by atoms with Crippen molar-refractivity contribution in [3.05, 3.63) is 59.6 Å². The highest BCUT2D eigenvalue weighted by Gasteiger charge is 2.08. The van der Waals surface area contributed by atoms with Crippen LogP contribution >= 0.6 is 23.4 Å². The second kappa shape index (κ2) is 6.20. The number of thioether (sulfide) groups is 1. The topological polar surface area (TPSA) is 64.9 Å². The summed E-state index contributed by atoms with van der Waals surface area (Å²) in [4.78, 5) is 8.69. The molecule has 2 aromatic heterocycles. The van der Waals surface area contributed by atoms with E-state index in [4.69, 9.17) is 21.8 Å². The molecule has 0 spiro atoms. The zero-order valence-electron chi connectivity index (χ0n) is 11.0. The van der Waals surface area contributed by atoms with E-state index in [0.717, 1.165) is 16.3 Å². The number of aromatic nitrogens is 2. The number of halogens is 1. The molecule has 2 heterocycles. The number of hydrogen-bond acceptors (Lipinski definition) is 5. The molecule has 2 N–H and O–H groups in total. The van der Waals surface area contributed by atoms with Crippen LogP contribution in [-0.2, 0) is 5.75 Å². The van der Waals surface area contributed by atoms with Gasteiger partial charge in [-0.05, 0) is 30.3 Å². The summed E-state index contributed by atoms with van der Waals surface area (Å²) < 4.78 is 5.49. The van der Waals surface area contributed by atoms with E-state index in [-0.39, 0.29) is 0 Å². The van der Waals surface area contributed by atoms with E-state index in [0.29, 0.717) is 22.4 Å². The van der Waals surface area contributed by atoms with Crippen LogP contribution in [0.2, 0.25) is 5.02 Å². The summed E-state index contributed by atoms with van der Waals surface area (Å²) in [7, 11) is 0. The first-order chi connectivity index (χ1) is 10.2. The predicted molar refractivity (Wildman–Crippen MR) is 85.2 cm³/mol. The lowest BCUT2D eigenvalue weighted by Crippen LogP contribution is -1.87. The molecule has 0 atom stereocenters. The molecule has 0 aliphatic heterocycles. The maximum Gasteiger partial charge on any atom is 0.226 e. The fourth-order valence-corrected chi connectivity index (χ4v) is 2.66. The van der Waals surface area contributed by atoms with Gasteiger partial charge in [-0.3, -0.25) is 0 Å². The minimum Gasteiger partial charge on any atom is -0.444 e. The van der Waals surface area contributed by atoms with Crippen molar-refractivity contribution in [2.24, 2.45) is 0 Å². The van der Waals surface area contributed by atoms with E-state index in [1.165, 1.54) is 0 Å². The number of benzene rings is 1. The predicted octanol–water partition coefficient (Wildman–Crippen LogP) is 4.26. The van der Waals surface area contributed by atoms with Gasteiger partial charge >= 0.3 is 0 Å². The first kappa shape index (κ1) is 14.0. The van der Waals surface area contributed by atoms with Crippen molar-refractivity contribution < 1.29 is 4.42 Å². The number of nitrogens with two attached hydrogens (primary N) is 1. The van der Waals surface area contributed by atoms with E-state index in [2.05, 4.69) is 9.97 Å². The second-order valence-corrected chi connectivity index (χ2v) is 5.80. The molecule has 0 saturated heterocycles. The Kier molecular flexibility index (Phi) is 4.13. The van der Waals surface area contributed by atoms with Crippen molar-refractivity contribution in [2.75, 3.05) is 5.73 Å². The Morgan fingerprint density at radius 2 is 2.14 bits per heavy atom. The first-order valence-corrected chi connectivity index (χ1v) is 7.62. The third-order valence-corrected chi connectivity index (χ3v) is 3.96. The Balaban J connectivity index is 1.69.